The number of para-hydroxylation sites is 1. The van der Waals surface area contributed by atoms with Crippen LogP contribution in [-0.4, -0.2) is 16.7 Å². The van der Waals surface area contributed by atoms with Gasteiger partial charge in [-0.15, -0.1) is 0 Å². The Hall–Kier alpha value is -1.43. The summed E-state index contributed by atoms with van der Waals surface area (Å²) < 4.78 is 28.4. The Labute approximate surface area is 81.6 Å². The van der Waals surface area contributed by atoms with Gasteiger partial charge in [0.2, 0.25) is 0 Å². The molecule has 0 unspecified atom stereocenters. The second-order valence-electron chi connectivity index (χ2n) is 2.48. The van der Waals surface area contributed by atoms with Crippen molar-refractivity contribution in [2.24, 2.45) is 0 Å². The minimum absolute atomic E-state index is 0.0390. The zero-order chi connectivity index (χ0) is 10.1. The van der Waals surface area contributed by atoms with Crippen LogP contribution < -0.4 is 4.74 Å². The molecule has 0 amide bonds. The SMILES string of the molecule is Oc1cccc2sc(OC(F)F)nc12. The molecule has 74 valence electrons. The van der Waals surface area contributed by atoms with Gasteiger partial charge in [-0.25, -0.2) is 0 Å². The van der Waals surface area contributed by atoms with E-state index in [1.807, 2.05) is 0 Å². The molecule has 14 heavy (non-hydrogen) atoms. The second-order valence-corrected chi connectivity index (χ2v) is 3.48. The molecule has 6 heteroatoms. The maximum atomic E-state index is 11.8. The first-order valence-electron chi connectivity index (χ1n) is 3.70. The highest BCUT2D eigenvalue weighted by Crippen LogP contribution is 2.33. The number of fused-ring (bicyclic) bond motifs is 1. The standard InChI is InChI=1S/C8H5F2NO2S/c9-7(10)13-8-11-6-4(12)2-1-3-5(6)14-8/h1-3,7,12H. The average molecular weight is 217 g/mol. The van der Waals surface area contributed by atoms with E-state index in [4.69, 9.17) is 0 Å². The lowest BCUT2D eigenvalue weighted by Gasteiger charge is -1.96. The number of phenols is 1. The summed E-state index contributed by atoms with van der Waals surface area (Å²) in [5.41, 5.74) is 0.285. The van der Waals surface area contributed by atoms with Gasteiger partial charge in [0.1, 0.15) is 11.3 Å². The minimum atomic E-state index is -2.89. The van der Waals surface area contributed by atoms with Gasteiger partial charge >= 0.3 is 6.61 Å². The van der Waals surface area contributed by atoms with E-state index in [1.165, 1.54) is 6.07 Å². The first kappa shape index (κ1) is 9.14. The Morgan fingerprint density at radius 3 is 2.86 bits per heavy atom. The molecular weight excluding hydrogens is 212 g/mol. The number of ether oxygens (including phenoxy) is 1. The van der Waals surface area contributed by atoms with Crippen LogP contribution in [0.1, 0.15) is 0 Å². The predicted molar refractivity (Wildman–Crippen MR) is 47.9 cm³/mol. The third-order valence-corrected chi connectivity index (χ3v) is 2.48. The van der Waals surface area contributed by atoms with E-state index in [2.05, 4.69) is 9.72 Å². The summed E-state index contributed by atoms with van der Waals surface area (Å²) in [6.45, 7) is -2.89. The topological polar surface area (TPSA) is 42.4 Å². The van der Waals surface area contributed by atoms with Crippen LogP contribution in [0.25, 0.3) is 10.2 Å². The lowest BCUT2D eigenvalue weighted by Crippen LogP contribution is -2.00. The van der Waals surface area contributed by atoms with Crippen molar-refractivity contribution in [3.8, 4) is 10.9 Å². The molecule has 0 bridgehead atoms. The number of hydrogen-bond donors (Lipinski definition) is 1. The monoisotopic (exact) mass is 217 g/mol. The fourth-order valence-corrected chi connectivity index (χ4v) is 1.88. The molecule has 1 N–H and O–H groups in total. The molecule has 0 saturated heterocycles. The van der Waals surface area contributed by atoms with Gasteiger partial charge in [-0.1, -0.05) is 17.4 Å². The van der Waals surface area contributed by atoms with E-state index in [0.29, 0.717) is 4.70 Å². The molecule has 0 aliphatic heterocycles. The summed E-state index contributed by atoms with van der Waals surface area (Å²) in [6.07, 6.45) is 0. The van der Waals surface area contributed by atoms with E-state index in [0.717, 1.165) is 11.3 Å². The van der Waals surface area contributed by atoms with Crippen molar-refractivity contribution in [2.45, 2.75) is 6.61 Å². The van der Waals surface area contributed by atoms with Crippen molar-refractivity contribution >= 4 is 21.6 Å². The number of halogens is 2. The summed E-state index contributed by atoms with van der Waals surface area (Å²) in [5.74, 6) is -0.0390. The van der Waals surface area contributed by atoms with Crippen LogP contribution in [0.5, 0.6) is 10.9 Å². The van der Waals surface area contributed by atoms with Crippen molar-refractivity contribution in [3.05, 3.63) is 18.2 Å². The first-order valence-corrected chi connectivity index (χ1v) is 4.52. The molecule has 2 rings (SSSR count). The first-order chi connectivity index (χ1) is 6.66. The van der Waals surface area contributed by atoms with Crippen LogP contribution in [-0.2, 0) is 0 Å². The summed E-state index contributed by atoms with van der Waals surface area (Å²) in [5, 5.41) is 9.18. The highest BCUT2D eigenvalue weighted by molar-refractivity contribution is 7.20. The second kappa shape index (κ2) is 3.38. The Kier molecular flexibility index (Phi) is 2.20. The van der Waals surface area contributed by atoms with E-state index in [1.54, 1.807) is 12.1 Å². The quantitative estimate of drug-likeness (QED) is 0.840. The van der Waals surface area contributed by atoms with Gasteiger partial charge in [0.25, 0.3) is 5.19 Å². The number of hydrogen-bond acceptors (Lipinski definition) is 4. The number of rotatable bonds is 2. The van der Waals surface area contributed by atoms with Crippen LogP contribution in [0.3, 0.4) is 0 Å². The summed E-state index contributed by atoms with van der Waals surface area (Å²) in [7, 11) is 0. The third kappa shape index (κ3) is 1.60. The Morgan fingerprint density at radius 2 is 2.21 bits per heavy atom. The molecule has 0 spiro atoms. The fraction of sp³-hybridized carbons (Fsp3) is 0.125. The molecule has 1 aromatic carbocycles. The number of aromatic nitrogens is 1. The largest absolute Gasteiger partial charge is 0.506 e. The van der Waals surface area contributed by atoms with E-state index < -0.39 is 6.61 Å². The number of aromatic hydroxyl groups is 1. The molecule has 0 radical (unpaired) electrons. The van der Waals surface area contributed by atoms with Gasteiger partial charge in [-0.2, -0.15) is 13.8 Å². The summed E-state index contributed by atoms with van der Waals surface area (Å²) in [6, 6.07) is 4.72. The molecular formula is C8H5F2NO2S. The Bertz CT molecular complexity index is 458. The van der Waals surface area contributed by atoms with Crippen LogP contribution in [0, 0.1) is 0 Å². The van der Waals surface area contributed by atoms with Gasteiger partial charge in [0, 0.05) is 0 Å². The number of alkyl halides is 2. The number of phenolic OH excluding ortho intramolecular Hbond substituents is 1. The van der Waals surface area contributed by atoms with Crippen molar-refractivity contribution in [1.82, 2.24) is 4.98 Å². The number of thiazole rings is 1. The van der Waals surface area contributed by atoms with Gasteiger partial charge < -0.3 is 9.84 Å². The zero-order valence-electron chi connectivity index (χ0n) is 6.78. The highest BCUT2D eigenvalue weighted by atomic mass is 32.1. The molecule has 1 heterocycles. The van der Waals surface area contributed by atoms with Crippen LogP contribution in [0.4, 0.5) is 8.78 Å². The van der Waals surface area contributed by atoms with E-state index in [9.17, 15) is 13.9 Å². The maximum absolute atomic E-state index is 11.8. The molecule has 0 atom stereocenters. The third-order valence-electron chi connectivity index (χ3n) is 1.57. The predicted octanol–water partition coefficient (Wildman–Crippen LogP) is 2.60. The Morgan fingerprint density at radius 1 is 1.43 bits per heavy atom. The Balaban J connectivity index is 2.46. The van der Waals surface area contributed by atoms with Gasteiger partial charge in [0.05, 0.1) is 4.70 Å². The van der Waals surface area contributed by atoms with Crippen LogP contribution >= 0.6 is 11.3 Å². The smallest absolute Gasteiger partial charge is 0.389 e. The molecule has 0 aliphatic rings. The summed E-state index contributed by atoms with van der Waals surface area (Å²) >= 11 is 0.966. The lowest BCUT2D eigenvalue weighted by molar-refractivity contribution is -0.0498. The fourth-order valence-electron chi connectivity index (χ4n) is 1.04. The number of nitrogens with zero attached hydrogens (tertiary/aromatic N) is 1. The normalized spacial score (nSPS) is 11.1. The molecule has 0 saturated carbocycles. The molecule has 1 aromatic heterocycles. The molecule has 2 aromatic rings. The van der Waals surface area contributed by atoms with Gasteiger partial charge in [-0.05, 0) is 12.1 Å². The highest BCUT2D eigenvalue weighted by Gasteiger charge is 2.11. The summed E-state index contributed by atoms with van der Waals surface area (Å²) in [4.78, 5) is 3.72. The molecule has 3 nitrogen and oxygen atoms in total. The zero-order valence-corrected chi connectivity index (χ0v) is 7.59. The van der Waals surface area contributed by atoms with Gasteiger partial charge in [0.15, 0.2) is 0 Å². The van der Waals surface area contributed by atoms with Crippen molar-refractivity contribution < 1.29 is 18.6 Å². The van der Waals surface area contributed by atoms with Gasteiger partial charge in [-0.3, -0.25) is 0 Å². The average Bonchev–Trinajstić information content (AvgIpc) is 2.47. The van der Waals surface area contributed by atoms with Crippen molar-refractivity contribution in [2.75, 3.05) is 0 Å². The molecule has 0 aliphatic carbocycles. The van der Waals surface area contributed by atoms with Crippen molar-refractivity contribution in [3.63, 3.8) is 0 Å². The van der Waals surface area contributed by atoms with Crippen LogP contribution in [0.2, 0.25) is 0 Å². The molecule has 0 fully saturated rings. The van der Waals surface area contributed by atoms with Crippen molar-refractivity contribution in [1.29, 1.82) is 0 Å². The minimum Gasteiger partial charge on any atom is -0.506 e. The maximum Gasteiger partial charge on any atom is 0.389 e. The van der Waals surface area contributed by atoms with E-state index >= 15 is 0 Å². The van der Waals surface area contributed by atoms with E-state index in [-0.39, 0.29) is 16.5 Å². The van der Waals surface area contributed by atoms with Crippen LogP contribution in [0.15, 0.2) is 18.2 Å². The number of benzene rings is 1. The lowest BCUT2D eigenvalue weighted by atomic mass is 10.3.